The Labute approximate surface area is 202 Å². The van der Waals surface area contributed by atoms with Crippen molar-refractivity contribution < 1.29 is 29.3 Å². The third-order valence-corrected chi connectivity index (χ3v) is 9.14. The molecule has 7 rings (SSSR count). The first kappa shape index (κ1) is 20.8. The number of methoxy groups -OCH3 is 1. The number of hydrogen-bond donors (Lipinski definition) is 2. The molecule has 0 aliphatic carbocycles. The molecule has 2 unspecified atom stereocenters. The van der Waals surface area contributed by atoms with Gasteiger partial charge in [-0.25, -0.2) is 9.59 Å². The zero-order valence-corrected chi connectivity index (χ0v) is 19.5. The summed E-state index contributed by atoms with van der Waals surface area (Å²) in [7, 11) is 1.40. The third-order valence-electron chi connectivity index (χ3n) is 9.14. The van der Waals surface area contributed by atoms with E-state index in [0.717, 1.165) is 17.8 Å². The Morgan fingerprint density at radius 3 is 2.77 bits per heavy atom. The topological polar surface area (TPSA) is 99.5 Å². The molecule has 8 heteroatoms. The Morgan fingerprint density at radius 1 is 1.20 bits per heavy atom. The van der Waals surface area contributed by atoms with Crippen molar-refractivity contribution in [2.45, 2.75) is 43.0 Å². The molecule has 0 amide bonds. The number of hydrogen-bond acceptors (Lipinski definition) is 8. The van der Waals surface area contributed by atoms with Crippen molar-refractivity contribution in [3.05, 3.63) is 64.7 Å². The number of ether oxygens (including phenoxy) is 2. The molecule has 5 aliphatic rings. The number of piperidine rings is 3. The van der Waals surface area contributed by atoms with Crippen molar-refractivity contribution >= 4 is 17.6 Å². The number of carbonyl (C=O) groups excluding carboxylic acids is 2. The lowest BCUT2D eigenvalue weighted by atomic mass is 9.56. The van der Waals surface area contributed by atoms with Gasteiger partial charge in [-0.05, 0) is 43.0 Å². The molecule has 0 aromatic heterocycles. The number of allylic oxidation sites excluding steroid dienone is 1. The molecular weight excluding hydrogens is 448 g/mol. The molecule has 1 spiro atoms. The number of rotatable bonds is 1. The quantitative estimate of drug-likeness (QED) is 0.370. The molecular formula is C27H26N2O6. The summed E-state index contributed by atoms with van der Waals surface area (Å²) in [5, 5.41) is 21.0. The Bertz CT molecular complexity index is 1350. The van der Waals surface area contributed by atoms with Crippen LogP contribution in [0.1, 0.15) is 41.3 Å². The summed E-state index contributed by atoms with van der Waals surface area (Å²) in [6, 6.07) is 10.3. The summed E-state index contributed by atoms with van der Waals surface area (Å²) in [6.07, 6.45) is 3.37. The van der Waals surface area contributed by atoms with Crippen LogP contribution in [0.4, 0.5) is 5.69 Å². The van der Waals surface area contributed by atoms with Gasteiger partial charge in [0.2, 0.25) is 5.72 Å². The number of anilines is 1. The second-order valence-corrected chi connectivity index (χ2v) is 10.1. The smallest absolute Gasteiger partial charge is 0.344 e. The molecule has 35 heavy (non-hydrogen) atoms. The third kappa shape index (κ3) is 2.10. The van der Waals surface area contributed by atoms with Gasteiger partial charge in [-0.15, -0.1) is 0 Å². The first-order valence-corrected chi connectivity index (χ1v) is 12.0. The number of phenols is 2. The van der Waals surface area contributed by atoms with Crippen molar-refractivity contribution in [1.82, 2.24) is 4.90 Å². The van der Waals surface area contributed by atoms with Gasteiger partial charge in [-0.2, -0.15) is 0 Å². The zero-order chi connectivity index (χ0) is 24.3. The molecule has 3 fully saturated rings. The molecule has 180 valence electrons. The summed E-state index contributed by atoms with van der Waals surface area (Å²) >= 11 is 0. The molecule has 2 bridgehead atoms. The highest BCUT2D eigenvalue weighted by molar-refractivity contribution is 6.00. The number of phenolic OH excluding ortho intramolecular Hbond substituents is 2. The lowest BCUT2D eigenvalue weighted by molar-refractivity contribution is -0.174. The van der Waals surface area contributed by atoms with Gasteiger partial charge < -0.3 is 24.6 Å². The number of aromatic hydroxyl groups is 2. The van der Waals surface area contributed by atoms with Crippen LogP contribution in [0, 0.1) is 5.92 Å². The fourth-order valence-electron chi connectivity index (χ4n) is 7.91. The van der Waals surface area contributed by atoms with Crippen LogP contribution in [0.15, 0.2) is 48.0 Å². The lowest BCUT2D eigenvalue weighted by Gasteiger charge is -2.67. The van der Waals surface area contributed by atoms with Crippen LogP contribution in [0.5, 0.6) is 11.5 Å². The van der Waals surface area contributed by atoms with Crippen molar-refractivity contribution in [1.29, 1.82) is 0 Å². The minimum absolute atomic E-state index is 0.00224. The first-order valence-electron chi connectivity index (χ1n) is 12.0. The average molecular weight is 475 g/mol. The summed E-state index contributed by atoms with van der Waals surface area (Å²) in [4.78, 5) is 31.5. The van der Waals surface area contributed by atoms with Gasteiger partial charge in [0.25, 0.3) is 0 Å². The minimum Gasteiger partial charge on any atom is -0.504 e. The van der Waals surface area contributed by atoms with Crippen LogP contribution in [0.2, 0.25) is 0 Å². The van der Waals surface area contributed by atoms with E-state index in [0.29, 0.717) is 24.9 Å². The van der Waals surface area contributed by atoms with Crippen LogP contribution < -0.4 is 4.90 Å². The Kier molecular flexibility index (Phi) is 3.91. The molecule has 5 heterocycles. The molecule has 2 aromatic rings. The van der Waals surface area contributed by atoms with E-state index in [1.165, 1.54) is 18.7 Å². The van der Waals surface area contributed by atoms with Crippen LogP contribution in [0.25, 0.3) is 0 Å². The predicted molar refractivity (Wildman–Crippen MR) is 125 cm³/mol. The van der Waals surface area contributed by atoms with Gasteiger partial charge in [0.1, 0.15) is 11.6 Å². The van der Waals surface area contributed by atoms with Gasteiger partial charge in [0, 0.05) is 24.7 Å². The summed E-state index contributed by atoms with van der Waals surface area (Å²) in [5.41, 5.74) is 1.63. The first-order chi connectivity index (χ1) is 16.9. The van der Waals surface area contributed by atoms with E-state index >= 15 is 0 Å². The van der Waals surface area contributed by atoms with Crippen molar-refractivity contribution in [3.63, 3.8) is 0 Å². The second-order valence-electron chi connectivity index (χ2n) is 10.1. The van der Waals surface area contributed by atoms with Crippen LogP contribution in [-0.2, 0) is 19.7 Å². The number of esters is 2. The maximum absolute atomic E-state index is 13.6. The number of fused-ring (bicyclic) bond motifs is 4. The lowest BCUT2D eigenvalue weighted by Crippen LogP contribution is -2.82. The Balaban J connectivity index is 1.61. The average Bonchev–Trinajstić information content (AvgIpc) is 3.12. The maximum Gasteiger partial charge on any atom is 0.344 e. The van der Waals surface area contributed by atoms with Crippen LogP contribution >= 0.6 is 0 Å². The standard InChI is InChI=1S/C27H26N2O6/c1-3-14-13-28-11-10-26-16-6-4-5-7-18(16)29-22(25(33)34-2)15(14)12-20(28)27(26,29)35-24(32)21-17(26)8-9-19(30)23(21)31/h3-9,15,20,22,30-31H,10-13H2,1-2H3/b14-3-/t15-,20-,22-,26?,27?/m0/s1. The SMILES string of the molecule is C/C=C1/CN2CCC34c5ccccc5N5[C@H](C(=O)OC)[C@H]1C[C@H]2C53OC(=O)c1c4ccc(O)c1O. The summed E-state index contributed by atoms with van der Waals surface area (Å²) in [6.45, 7) is 3.47. The van der Waals surface area contributed by atoms with E-state index in [1.807, 2.05) is 36.1 Å². The van der Waals surface area contributed by atoms with E-state index in [1.54, 1.807) is 6.07 Å². The van der Waals surface area contributed by atoms with Gasteiger partial charge in [0.05, 0.1) is 18.6 Å². The molecule has 2 N–H and O–H groups in total. The number of nitrogens with zero attached hydrogens (tertiary/aromatic N) is 2. The molecule has 0 radical (unpaired) electrons. The van der Waals surface area contributed by atoms with Crippen molar-refractivity contribution in [2.75, 3.05) is 25.1 Å². The Hall–Kier alpha value is -3.52. The van der Waals surface area contributed by atoms with Gasteiger partial charge in [-0.1, -0.05) is 35.9 Å². The van der Waals surface area contributed by atoms with E-state index in [2.05, 4.69) is 11.0 Å². The monoisotopic (exact) mass is 474 g/mol. The van der Waals surface area contributed by atoms with E-state index in [-0.39, 0.29) is 29.2 Å². The van der Waals surface area contributed by atoms with Crippen LogP contribution in [-0.4, -0.2) is 65.1 Å². The van der Waals surface area contributed by atoms with Crippen LogP contribution in [0.3, 0.4) is 0 Å². The van der Waals surface area contributed by atoms with Gasteiger partial charge >= 0.3 is 11.9 Å². The normalized spacial score (nSPS) is 35.1. The second kappa shape index (κ2) is 6.57. The van der Waals surface area contributed by atoms with E-state index in [9.17, 15) is 19.8 Å². The fourth-order valence-corrected chi connectivity index (χ4v) is 7.91. The maximum atomic E-state index is 13.6. The highest BCUT2D eigenvalue weighted by Gasteiger charge is 2.78. The Morgan fingerprint density at radius 2 is 2.00 bits per heavy atom. The van der Waals surface area contributed by atoms with Crippen molar-refractivity contribution in [3.8, 4) is 11.5 Å². The number of benzene rings is 2. The number of carbonyl (C=O) groups is 2. The molecule has 5 atom stereocenters. The predicted octanol–water partition coefficient (Wildman–Crippen LogP) is 2.67. The molecule has 5 aliphatic heterocycles. The van der Waals surface area contributed by atoms with Gasteiger partial charge in [-0.3, -0.25) is 4.90 Å². The highest BCUT2D eigenvalue weighted by Crippen LogP contribution is 2.69. The molecule has 0 saturated carbocycles. The zero-order valence-electron chi connectivity index (χ0n) is 19.5. The van der Waals surface area contributed by atoms with Gasteiger partial charge in [0.15, 0.2) is 11.5 Å². The van der Waals surface area contributed by atoms with E-state index in [4.69, 9.17) is 9.47 Å². The van der Waals surface area contributed by atoms with Crippen molar-refractivity contribution in [2.24, 2.45) is 5.92 Å². The summed E-state index contributed by atoms with van der Waals surface area (Å²) < 4.78 is 11.8. The van der Waals surface area contributed by atoms with E-state index < -0.39 is 28.9 Å². The molecule has 2 aromatic carbocycles. The largest absolute Gasteiger partial charge is 0.504 e. The fraction of sp³-hybridized carbons (Fsp3) is 0.407. The molecule has 3 saturated heterocycles. The molecule has 8 nitrogen and oxygen atoms in total. The summed E-state index contributed by atoms with van der Waals surface area (Å²) in [5.74, 6) is -1.95. The number of para-hydroxylation sites is 1. The minimum atomic E-state index is -1.18. The highest BCUT2D eigenvalue weighted by atomic mass is 16.6.